The molecule has 2 bridgehead atoms. The summed E-state index contributed by atoms with van der Waals surface area (Å²) in [5, 5.41) is -5.41. The molecule has 30 heavy (non-hydrogen) atoms. The highest BCUT2D eigenvalue weighted by Crippen LogP contribution is 2.72. The van der Waals surface area contributed by atoms with E-state index in [0.717, 1.165) is 0 Å². The predicted molar refractivity (Wildman–Crippen MR) is 112 cm³/mol. The van der Waals surface area contributed by atoms with Crippen molar-refractivity contribution in [1.82, 2.24) is 0 Å². The fraction of sp³-hybridized carbons (Fsp3) is 0.429. The zero-order valence-corrected chi connectivity index (χ0v) is 18.7. The number of rotatable bonds is 6. The van der Waals surface area contributed by atoms with E-state index in [1.54, 1.807) is 36.4 Å². The summed E-state index contributed by atoms with van der Waals surface area (Å²) in [6, 6.07) is 15.9. The van der Waals surface area contributed by atoms with Crippen LogP contribution in [0.25, 0.3) is 0 Å². The normalized spacial score (nSPS) is 29.3. The first-order valence-corrected chi connectivity index (χ1v) is 11.8. The van der Waals surface area contributed by atoms with Gasteiger partial charge in [-0.15, -0.1) is 0 Å². The maximum absolute atomic E-state index is 16.1. The van der Waals surface area contributed by atoms with Crippen LogP contribution in [0, 0.1) is 5.92 Å². The third-order valence-electron chi connectivity index (χ3n) is 6.92. The molecule has 3 unspecified atom stereocenters. The number of fused-ring (bicyclic) bond motifs is 2. The fourth-order valence-electron chi connectivity index (χ4n) is 5.78. The molecular formula is C21H19F4IO3S. The van der Waals surface area contributed by atoms with Crippen LogP contribution in [0.3, 0.4) is 0 Å². The molecule has 0 aromatic heterocycles. The summed E-state index contributed by atoms with van der Waals surface area (Å²) in [6.45, 7) is 0. The Balaban J connectivity index is 2.06. The molecule has 2 aliphatic carbocycles. The van der Waals surface area contributed by atoms with Crippen LogP contribution in [0.5, 0.6) is 0 Å². The largest absolute Gasteiger partial charge is 0.433 e. The number of alkyl halides is 4. The van der Waals surface area contributed by atoms with E-state index >= 15 is 17.6 Å². The van der Waals surface area contributed by atoms with Crippen molar-refractivity contribution in [3.05, 3.63) is 71.8 Å². The Hall–Kier alpha value is -1.20. The summed E-state index contributed by atoms with van der Waals surface area (Å²) in [4.78, 5) is 0. The predicted octanol–water partition coefficient (Wildman–Crippen LogP) is 5.99. The van der Waals surface area contributed by atoms with Crippen LogP contribution in [-0.2, 0) is 23.5 Å². The van der Waals surface area contributed by atoms with Gasteiger partial charge in [0.25, 0.3) is 0 Å². The maximum atomic E-state index is 16.1. The van der Waals surface area contributed by atoms with Crippen LogP contribution >= 0.6 is 23.0 Å². The van der Waals surface area contributed by atoms with Gasteiger partial charge in [-0.2, -0.15) is 28.5 Å². The van der Waals surface area contributed by atoms with Crippen LogP contribution in [-0.4, -0.2) is 19.6 Å². The van der Waals surface area contributed by atoms with E-state index in [0.29, 0.717) is 41.4 Å². The van der Waals surface area contributed by atoms with E-state index in [-0.39, 0.29) is 24.3 Å². The van der Waals surface area contributed by atoms with Gasteiger partial charge in [-0.1, -0.05) is 60.7 Å². The van der Waals surface area contributed by atoms with Crippen molar-refractivity contribution in [2.75, 3.05) is 0 Å². The Bertz CT molecular complexity index is 1030. The lowest BCUT2D eigenvalue weighted by Gasteiger charge is -2.52. The molecule has 0 spiro atoms. The summed E-state index contributed by atoms with van der Waals surface area (Å²) in [6.07, 6.45) is 0.960. The van der Waals surface area contributed by atoms with Crippen molar-refractivity contribution >= 4 is 33.1 Å². The third-order valence-corrected chi connectivity index (χ3v) is 9.39. The highest BCUT2D eigenvalue weighted by molar-refractivity contribution is 14.1. The second-order valence-corrected chi connectivity index (χ2v) is 10.8. The molecule has 0 amide bonds. The molecule has 4 rings (SSSR count). The van der Waals surface area contributed by atoms with E-state index in [2.05, 4.69) is 2.51 Å². The van der Waals surface area contributed by atoms with Crippen molar-refractivity contribution in [1.29, 1.82) is 0 Å². The molecule has 2 aromatic rings. The molecule has 3 atom stereocenters. The van der Waals surface area contributed by atoms with Gasteiger partial charge in [0.05, 0.1) is 5.41 Å². The average molecular weight is 554 g/mol. The molecule has 0 radical (unpaired) electrons. The van der Waals surface area contributed by atoms with Crippen LogP contribution in [0.2, 0.25) is 0 Å². The molecule has 9 heteroatoms. The molecule has 2 aliphatic rings. The lowest BCUT2D eigenvalue weighted by atomic mass is 9.53. The second kappa shape index (κ2) is 7.16. The van der Waals surface area contributed by atoms with Crippen LogP contribution in [0.4, 0.5) is 17.6 Å². The summed E-state index contributed by atoms with van der Waals surface area (Å²) in [5.41, 5.74) is -3.19. The molecule has 3 nitrogen and oxygen atoms in total. The highest BCUT2D eigenvalue weighted by atomic mass is 127. The maximum Gasteiger partial charge on any atom is 0.433 e. The number of halogens is 5. The molecular weight excluding hydrogens is 535 g/mol. The van der Waals surface area contributed by atoms with Crippen molar-refractivity contribution < 1.29 is 28.5 Å². The summed E-state index contributed by atoms with van der Waals surface area (Å²) < 4.78 is 90.3. The first-order valence-electron chi connectivity index (χ1n) is 9.47. The first kappa shape index (κ1) is 22.0. The van der Waals surface area contributed by atoms with E-state index in [4.69, 9.17) is 0 Å². The Kier molecular flexibility index (Phi) is 5.25. The summed E-state index contributed by atoms with van der Waals surface area (Å²) >= 11 is 0.715. The Morgan fingerprint density at radius 3 is 1.93 bits per heavy atom. The average Bonchev–Trinajstić information content (AvgIpc) is 3.33. The third kappa shape index (κ3) is 2.67. The minimum atomic E-state index is -5.86. The van der Waals surface area contributed by atoms with Gasteiger partial charge < -0.3 is 0 Å². The van der Waals surface area contributed by atoms with Crippen molar-refractivity contribution in [2.24, 2.45) is 5.92 Å². The standard InChI is InChI=1S/C21H19F4IO3S/c22-20(23,21(24,25)30(27,28)29-26)19(17-9-5-2-6-10-17)14-15-11-12-18(19,13-15)16-7-3-1-4-8-16/h1-10,15H,11-14H2. The summed E-state index contributed by atoms with van der Waals surface area (Å²) in [7, 11) is -5.86. The van der Waals surface area contributed by atoms with Crippen molar-refractivity contribution in [3.63, 3.8) is 0 Å². The number of hydrogen-bond acceptors (Lipinski definition) is 3. The van der Waals surface area contributed by atoms with Crippen molar-refractivity contribution in [3.8, 4) is 0 Å². The highest BCUT2D eigenvalue weighted by Gasteiger charge is 2.82. The zero-order chi connectivity index (χ0) is 21.8. The molecule has 0 saturated heterocycles. The first-order chi connectivity index (χ1) is 14.1. The summed E-state index contributed by atoms with van der Waals surface area (Å²) in [5.74, 6) is -5.13. The molecule has 162 valence electrons. The van der Waals surface area contributed by atoms with Crippen LogP contribution < -0.4 is 0 Å². The van der Waals surface area contributed by atoms with Gasteiger partial charge in [0.1, 0.15) is 23.0 Å². The molecule has 0 heterocycles. The lowest BCUT2D eigenvalue weighted by Crippen LogP contribution is -2.66. The van der Waals surface area contributed by atoms with Gasteiger partial charge in [-0.3, -0.25) is 0 Å². The minimum absolute atomic E-state index is 0.0180. The van der Waals surface area contributed by atoms with E-state index in [1.165, 1.54) is 24.3 Å². The van der Waals surface area contributed by atoms with Gasteiger partial charge >= 0.3 is 21.3 Å². The lowest BCUT2D eigenvalue weighted by molar-refractivity contribution is -0.220. The Labute approximate surface area is 186 Å². The number of benzene rings is 2. The Morgan fingerprint density at radius 1 is 0.900 bits per heavy atom. The van der Waals surface area contributed by atoms with Gasteiger partial charge in [0, 0.05) is 5.41 Å². The Morgan fingerprint density at radius 2 is 1.43 bits per heavy atom. The monoisotopic (exact) mass is 554 g/mol. The second-order valence-electron chi connectivity index (χ2n) is 8.14. The zero-order valence-electron chi connectivity index (χ0n) is 15.7. The van der Waals surface area contributed by atoms with E-state index in [1.807, 2.05) is 0 Å². The minimum Gasteiger partial charge on any atom is -0.197 e. The topological polar surface area (TPSA) is 43.4 Å². The fourth-order valence-corrected chi connectivity index (χ4v) is 7.02. The van der Waals surface area contributed by atoms with E-state index in [9.17, 15) is 8.42 Å². The molecule has 2 fully saturated rings. The van der Waals surface area contributed by atoms with Gasteiger partial charge in [-0.25, -0.2) is 0 Å². The SMILES string of the molecule is O=S(=O)(OI)C(F)(F)C(F)(F)C1(c2ccccc2)CC2CCC1(c1ccccc1)C2. The molecule has 2 saturated carbocycles. The van der Waals surface area contributed by atoms with Gasteiger partial charge in [0.2, 0.25) is 0 Å². The molecule has 0 aliphatic heterocycles. The number of hydrogen-bond donors (Lipinski definition) is 0. The molecule has 0 N–H and O–H groups in total. The smallest absolute Gasteiger partial charge is 0.197 e. The van der Waals surface area contributed by atoms with Crippen LogP contribution in [0.15, 0.2) is 60.7 Å². The molecule has 2 aromatic carbocycles. The van der Waals surface area contributed by atoms with Gasteiger partial charge in [0.15, 0.2) is 0 Å². The van der Waals surface area contributed by atoms with Gasteiger partial charge in [-0.05, 0) is 42.7 Å². The van der Waals surface area contributed by atoms with Crippen LogP contribution in [0.1, 0.15) is 36.8 Å². The van der Waals surface area contributed by atoms with E-state index < -0.39 is 32.1 Å². The van der Waals surface area contributed by atoms with Crippen molar-refractivity contribution in [2.45, 2.75) is 47.7 Å². The quantitative estimate of drug-likeness (QED) is 0.326.